The van der Waals surface area contributed by atoms with Crippen molar-refractivity contribution in [2.75, 3.05) is 12.4 Å². The Hall–Kier alpha value is -1.01. The van der Waals surface area contributed by atoms with Crippen LogP contribution in [-0.2, 0) is 4.79 Å². The molecule has 0 aromatic carbocycles. The first-order valence-corrected chi connectivity index (χ1v) is 5.08. The van der Waals surface area contributed by atoms with Gasteiger partial charge >= 0.3 is 0 Å². The molecule has 0 saturated carbocycles. The lowest BCUT2D eigenvalue weighted by Gasteiger charge is -2.21. The minimum atomic E-state index is -0.598. The maximum Gasteiger partial charge on any atom is 0.245 e. The zero-order valence-corrected chi connectivity index (χ0v) is 9.53. The molecule has 6 heteroatoms. The van der Waals surface area contributed by atoms with Gasteiger partial charge in [-0.1, -0.05) is 11.3 Å². The third kappa shape index (κ3) is 2.49. The van der Waals surface area contributed by atoms with Crippen molar-refractivity contribution in [1.29, 1.82) is 0 Å². The smallest absolute Gasteiger partial charge is 0.245 e. The molecule has 0 atom stereocenters. The fourth-order valence-electron chi connectivity index (χ4n) is 0.714. The number of carbonyl (C=O) groups excluding carboxylic acids is 1. The van der Waals surface area contributed by atoms with E-state index >= 15 is 0 Å². The largest absolute Gasteiger partial charge is 0.307 e. The lowest BCUT2D eigenvalue weighted by atomic mass is 10.1. The molecule has 0 bridgehead atoms. The van der Waals surface area contributed by atoms with Gasteiger partial charge in [-0.2, -0.15) is 0 Å². The number of amides is 1. The van der Waals surface area contributed by atoms with E-state index in [4.69, 9.17) is 0 Å². The van der Waals surface area contributed by atoms with E-state index < -0.39 is 5.54 Å². The van der Waals surface area contributed by atoms with Crippen molar-refractivity contribution in [3.8, 4) is 0 Å². The van der Waals surface area contributed by atoms with Gasteiger partial charge in [0.05, 0.1) is 5.54 Å². The van der Waals surface area contributed by atoms with Gasteiger partial charge in [-0.3, -0.25) is 10.1 Å². The van der Waals surface area contributed by atoms with Crippen LogP contribution in [0.15, 0.2) is 0 Å². The number of hydrogen-bond acceptors (Lipinski definition) is 5. The van der Waals surface area contributed by atoms with E-state index in [1.54, 1.807) is 20.9 Å². The topological polar surface area (TPSA) is 66.9 Å². The standard InChI is InChI=1S/C8H14N4OS/c1-5-11-12-7(14-5)10-6(13)8(2,3)9-4/h9H,1-4H3,(H,10,12,13). The molecule has 5 nitrogen and oxygen atoms in total. The zero-order chi connectivity index (χ0) is 10.8. The van der Waals surface area contributed by atoms with E-state index in [9.17, 15) is 4.79 Å². The number of nitrogens with one attached hydrogen (secondary N) is 2. The Bertz CT molecular complexity index is 334. The lowest BCUT2D eigenvalue weighted by molar-refractivity contribution is -0.121. The van der Waals surface area contributed by atoms with E-state index in [1.807, 2.05) is 6.92 Å². The molecular weight excluding hydrogens is 200 g/mol. The molecule has 0 saturated heterocycles. The first-order chi connectivity index (χ1) is 6.45. The van der Waals surface area contributed by atoms with Gasteiger partial charge in [0.1, 0.15) is 5.01 Å². The Morgan fingerprint density at radius 3 is 2.50 bits per heavy atom. The molecule has 0 spiro atoms. The third-order valence-corrected chi connectivity index (χ3v) is 2.69. The molecule has 1 aromatic rings. The average molecular weight is 214 g/mol. The summed E-state index contributed by atoms with van der Waals surface area (Å²) in [7, 11) is 1.74. The predicted molar refractivity (Wildman–Crippen MR) is 56.4 cm³/mol. The van der Waals surface area contributed by atoms with Crippen LogP contribution in [0.3, 0.4) is 0 Å². The molecule has 1 heterocycles. The molecule has 0 aliphatic carbocycles. The maximum absolute atomic E-state index is 11.6. The van der Waals surface area contributed by atoms with Gasteiger partial charge in [0, 0.05) is 0 Å². The second kappa shape index (κ2) is 4.02. The summed E-state index contributed by atoms with van der Waals surface area (Å²) in [6.07, 6.45) is 0. The van der Waals surface area contributed by atoms with E-state index in [-0.39, 0.29) is 5.91 Å². The monoisotopic (exact) mass is 214 g/mol. The highest BCUT2D eigenvalue weighted by Gasteiger charge is 2.25. The zero-order valence-electron chi connectivity index (χ0n) is 8.71. The van der Waals surface area contributed by atoms with Crippen molar-refractivity contribution in [3.05, 3.63) is 5.01 Å². The number of rotatable bonds is 3. The number of aromatic nitrogens is 2. The Labute approximate surface area is 86.9 Å². The van der Waals surface area contributed by atoms with Crippen LogP contribution < -0.4 is 10.6 Å². The first-order valence-electron chi connectivity index (χ1n) is 4.26. The summed E-state index contributed by atoms with van der Waals surface area (Å²) in [5, 5.41) is 14.6. The van der Waals surface area contributed by atoms with Crippen LogP contribution in [0.5, 0.6) is 0 Å². The van der Waals surface area contributed by atoms with Crippen LogP contribution in [0.1, 0.15) is 18.9 Å². The van der Waals surface area contributed by atoms with Gasteiger partial charge < -0.3 is 5.32 Å². The van der Waals surface area contributed by atoms with Crippen molar-refractivity contribution in [2.45, 2.75) is 26.3 Å². The van der Waals surface area contributed by atoms with Gasteiger partial charge in [-0.05, 0) is 27.8 Å². The number of likely N-dealkylation sites (N-methyl/N-ethyl adjacent to an activating group) is 1. The summed E-state index contributed by atoms with van der Waals surface area (Å²) in [5.74, 6) is -0.115. The number of anilines is 1. The number of aryl methyl sites for hydroxylation is 1. The summed E-state index contributed by atoms with van der Waals surface area (Å²) in [6.45, 7) is 5.45. The molecule has 1 aromatic heterocycles. The molecule has 0 unspecified atom stereocenters. The van der Waals surface area contributed by atoms with Gasteiger partial charge in [0.2, 0.25) is 11.0 Å². The van der Waals surface area contributed by atoms with Crippen LogP contribution in [0.25, 0.3) is 0 Å². The fraction of sp³-hybridized carbons (Fsp3) is 0.625. The maximum atomic E-state index is 11.6. The van der Waals surface area contributed by atoms with E-state index in [0.29, 0.717) is 5.13 Å². The molecule has 1 rings (SSSR count). The van der Waals surface area contributed by atoms with Gasteiger partial charge in [0.15, 0.2) is 0 Å². The van der Waals surface area contributed by atoms with E-state index in [0.717, 1.165) is 5.01 Å². The molecule has 1 amide bonds. The Balaban J connectivity index is 2.66. The Kier molecular flexibility index (Phi) is 3.17. The van der Waals surface area contributed by atoms with Crippen LogP contribution in [-0.4, -0.2) is 28.7 Å². The summed E-state index contributed by atoms with van der Waals surface area (Å²) < 4.78 is 0. The van der Waals surface area contributed by atoms with Crippen LogP contribution in [0.4, 0.5) is 5.13 Å². The normalized spacial score (nSPS) is 11.4. The summed E-state index contributed by atoms with van der Waals surface area (Å²) in [5.41, 5.74) is -0.598. The Morgan fingerprint density at radius 2 is 2.07 bits per heavy atom. The van der Waals surface area contributed by atoms with Crippen molar-refractivity contribution in [2.24, 2.45) is 0 Å². The van der Waals surface area contributed by atoms with Crippen LogP contribution in [0.2, 0.25) is 0 Å². The van der Waals surface area contributed by atoms with Crippen molar-refractivity contribution in [3.63, 3.8) is 0 Å². The SMILES string of the molecule is CNC(C)(C)C(=O)Nc1nnc(C)s1. The minimum absolute atomic E-state index is 0.115. The average Bonchev–Trinajstić information content (AvgIpc) is 2.51. The third-order valence-electron chi connectivity index (χ3n) is 1.94. The lowest BCUT2D eigenvalue weighted by Crippen LogP contribution is -2.47. The highest BCUT2D eigenvalue weighted by Crippen LogP contribution is 2.15. The first kappa shape index (κ1) is 11.1. The minimum Gasteiger partial charge on any atom is -0.307 e. The molecule has 78 valence electrons. The molecule has 0 aliphatic rings. The van der Waals surface area contributed by atoms with Crippen molar-refractivity contribution >= 4 is 22.4 Å². The van der Waals surface area contributed by atoms with Gasteiger partial charge in [-0.15, -0.1) is 10.2 Å². The Morgan fingerprint density at radius 1 is 1.43 bits per heavy atom. The fourth-order valence-corrected chi connectivity index (χ4v) is 1.30. The van der Waals surface area contributed by atoms with Crippen molar-refractivity contribution < 1.29 is 4.79 Å². The molecule has 2 N–H and O–H groups in total. The second-order valence-electron chi connectivity index (χ2n) is 3.46. The number of nitrogens with zero attached hydrogens (tertiary/aromatic N) is 2. The predicted octanol–water partition coefficient (Wildman–Crippen LogP) is 0.783. The number of hydrogen-bond donors (Lipinski definition) is 2. The molecular formula is C8H14N4OS. The van der Waals surface area contributed by atoms with Crippen LogP contribution in [0, 0.1) is 6.92 Å². The summed E-state index contributed by atoms with van der Waals surface area (Å²) in [4.78, 5) is 11.6. The van der Waals surface area contributed by atoms with Gasteiger partial charge in [0.25, 0.3) is 0 Å². The second-order valence-corrected chi connectivity index (χ2v) is 4.64. The highest BCUT2D eigenvalue weighted by molar-refractivity contribution is 7.15. The summed E-state index contributed by atoms with van der Waals surface area (Å²) in [6, 6.07) is 0. The summed E-state index contributed by atoms with van der Waals surface area (Å²) >= 11 is 1.36. The molecule has 14 heavy (non-hydrogen) atoms. The van der Waals surface area contributed by atoms with E-state index in [2.05, 4.69) is 20.8 Å². The molecule has 0 fully saturated rings. The van der Waals surface area contributed by atoms with Crippen molar-refractivity contribution in [1.82, 2.24) is 15.5 Å². The van der Waals surface area contributed by atoms with Crippen LogP contribution >= 0.6 is 11.3 Å². The molecule has 0 aliphatic heterocycles. The number of carbonyl (C=O) groups is 1. The van der Waals surface area contributed by atoms with E-state index in [1.165, 1.54) is 11.3 Å². The highest BCUT2D eigenvalue weighted by atomic mass is 32.1. The molecule has 0 radical (unpaired) electrons. The quantitative estimate of drug-likeness (QED) is 0.780. The van der Waals surface area contributed by atoms with Gasteiger partial charge in [-0.25, -0.2) is 0 Å².